The monoisotopic (exact) mass is 632 g/mol. The van der Waals surface area contributed by atoms with E-state index in [2.05, 4.69) is 13.8 Å². The fourth-order valence-electron chi connectivity index (χ4n) is 4.33. The van der Waals surface area contributed by atoms with Gasteiger partial charge in [0, 0.05) is 0 Å². The van der Waals surface area contributed by atoms with Gasteiger partial charge in [0.05, 0.1) is 29.9 Å². The number of unbranched alkanes of at least 4 members (excludes halogenated alkanes) is 7. The van der Waals surface area contributed by atoms with E-state index in [9.17, 15) is 19.2 Å². The average Bonchev–Trinajstić information content (AvgIpc) is 3.07. The van der Waals surface area contributed by atoms with Crippen molar-refractivity contribution in [2.75, 3.05) is 13.2 Å². The van der Waals surface area contributed by atoms with Crippen LogP contribution in [0.15, 0.2) is 72.8 Å². The van der Waals surface area contributed by atoms with Gasteiger partial charge >= 0.3 is 23.9 Å². The Morgan fingerprint density at radius 1 is 0.522 bits per heavy atom. The molecule has 3 aromatic rings. The summed E-state index contributed by atoms with van der Waals surface area (Å²) < 4.78 is 26.9. The van der Waals surface area contributed by atoms with Crippen molar-refractivity contribution in [1.29, 1.82) is 0 Å². The summed E-state index contributed by atoms with van der Waals surface area (Å²) in [6, 6.07) is 18.5. The summed E-state index contributed by atoms with van der Waals surface area (Å²) >= 11 is 0. The number of esters is 4. The molecular weight excluding hydrogens is 588 g/mol. The van der Waals surface area contributed by atoms with E-state index in [-0.39, 0.29) is 22.6 Å². The molecule has 46 heavy (non-hydrogen) atoms. The van der Waals surface area contributed by atoms with Gasteiger partial charge < -0.3 is 23.7 Å². The van der Waals surface area contributed by atoms with Gasteiger partial charge in [-0.2, -0.15) is 0 Å². The summed E-state index contributed by atoms with van der Waals surface area (Å²) in [5, 5.41) is 0. The number of hydrogen-bond acceptors (Lipinski definition) is 9. The lowest BCUT2D eigenvalue weighted by molar-refractivity contribution is -0.153. The number of carbonyl (C=O) groups is 4. The molecule has 0 saturated carbocycles. The number of hydrogen-bond donors (Lipinski definition) is 0. The van der Waals surface area contributed by atoms with Crippen LogP contribution in [-0.4, -0.2) is 43.2 Å². The molecule has 3 aromatic carbocycles. The van der Waals surface area contributed by atoms with Crippen molar-refractivity contribution in [3.63, 3.8) is 0 Å². The molecule has 0 aromatic heterocycles. The number of rotatable bonds is 19. The van der Waals surface area contributed by atoms with Crippen molar-refractivity contribution in [3.05, 3.63) is 89.5 Å². The minimum absolute atomic E-state index is 0.188. The van der Waals surface area contributed by atoms with Crippen LogP contribution in [0.25, 0.3) is 0 Å². The molecule has 0 aliphatic rings. The van der Waals surface area contributed by atoms with Gasteiger partial charge in [0.1, 0.15) is 17.2 Å². The molecule has 3 rings (SSSR count). The summed E-state index contributed by atoms with van der Waals surface area (Å²) in [6.45, 7) is 6.67. The van der Waals surface area contributed by atoms with Crippen molar-refractivity contribution in [2.45, 2.75) is 84.7 Å². The van der Waals surface area contributed by atoms with Crippen molar-refractivity contribution in [2.24, 2.45) is 0 Å². The fraction of sp³-hybridized carbons (Fsp3) is 0.405. The van der Waals surface area contributed by atoms with Crippen molar-refractivity contribution in [3.8, 4) is 17.2 Å². The summed E-state index contributed by atoms with van der Waals surface area (Å²) in [4.78, 5) is 49.7. The second kappa shape index (κ2) is 19.7. The minimum Gasteiger partial charge on any atom is -0.494 e. The van der Waals surface area contributed by atoms with Crippen LogP contribution in [0, 0.1) is 0 Å². The molecular formula is C37H44O9. The minimum atomic E-state index is -1.05. The van der Waals surface area contributed by atoms with Crippen LogP contribution in [0.1, 0.15) is 110 Å². The van der Waals surface area contributed by atoms with Crippen molar-refractivity contribution < 1.29 is 42.9 Å². The number of benzene rings is 3. The highest BCUT2D eigenvalue weighted by molar-refractivity contribution is 5.93. The molecule has 1 atom stereocenters. The van der Waals surface area contributed by atoms with Gasteiger partial charge in [0.15, 0.2) is 6.10 Å². The van der Waals surface area contributed by atoms with E-state index < -0.39 is 30.0 Å². The first-order valence-electron chi connectivity index (χ1n) is 16.1. The Balaban J connectivity index is 1.43. The SMILES string of the molecule is CCCCCCCOc1ccc(C(=O)Oc2ccc(C(=O)Oc3ccc(C(=O)O[C@@H](C)C(=O)OCCCCCC)cc3)cc2)cc1. The van der Waals surface area contributed by atoms with Crippen LogP contribution < -0.4 is 14.2 Å². The lowest BCUT2D eigenvalue weighted by atomic mass is 10.2. The zero-order valence-electron chi connectivity index (χ0n) is 27.0. The van der Waals surface area contributed by atoms with Crippen molar-refractivity contribution >= 4 is 23.9 Å². The summed E-state index contributed by atoms with van der Waals surface area (Å²) in [5.41, 5.74) is 0.799. The molecule has 0 radical (unpaired) electrons. The topological polar surface area (TPSA) is 114 Å². The van der Waals surface area contributed by atoms with Crippen LogP contribution in [0.3, 0.4) is 0 Å². The summed E-state index contributed by atoms with van der Waals surface area (Å²) in [7, 11) is 0. The third kappa shape index (κ3) is 12.4. The molecule has 0 aliphatic carbocycles. The lowest BCUT2D eigenvalue weighted by Crippen LogP contribution is -2.26. The average molecular weight is 633 g/mol. The van der Waals surface area contributed by atoms with Crippen LogP contribution in [0.4, 0.5) is 0 Å². The molecule has 0 unspecified atom stereocenters. The standard InChI is InChI=1S/C37H44O9/c1-4-6-8-10-12-25-42-31-19-13-29(14-20-31)36(40)45-33-23-17-30(18-24-33)37(41)46-32-21-15-28(16-22-32)35(39)44-27(3)34(38)43-26-11-9-7-5-2/h13-24,27H,4-12,25-26H2,1-3H3/t27-/m0/s1. The highest BCUT2D eigenvalue weighted by atomic mass is 16.6. The Morgan fingerprint density at radius 3 is 1.43 bits per heavy atom. The van der Waals surface area contributed by atoms with Crippen LogP contribution in [0.2, 0.25) is 0 Å². The molecule has 0 aliphatic heterocycles. The van der Waals surface area contributed by atoms with Gasteiger partial charge in [0.25, 0.3) is 0 Å². The zero-order valence-corrected chi connectivity index (χ0v) is 27.0. The Bertz CT molecular complexity index is 1380. The first-order chi connectivity index (χ1) is 22.3. The maximum Gasteiger partial charge on any atom is 0.347 e. The molecule has 0 bridgehead atoms. The molecule has 0 fully saturated rings. The molecule has 0 spiro atoms. The molecule has 0 N–H and O–H groups in total. The predicted octanol–water partition coefficient (Wildman–Crippen LogP) is 8.14. The van der Waals surface area contributed by atoms with Gasteiger partial charge in [-0.3, -0.25) is 0 Å². The highest BCUT2D eigenvalue weighted by Crippen LogP contribution is 2.20. The first-order valence-corrected chi connectivity index (χ1v) is 16.1. The molecule has 0 saturated heterocycles. The quantitative estimate of drug-likeness (QED) is 0.0734. The summed E-state index contributed by atoms with van der Waals surface area (Å²) in [5.74, 6) is -1.29. The van der Waals surface area contributed by atoms with Gasteiger partial charge in [-0.1, -0.05) is 58.8 Å². The fourth-order valence-corrected chi connectivity index (χ4v) is 4.33. The van der Waals surface area contributed by atoms with E-state index in [1.165, 1.54) is 74.7 Å². The third-order valence-electron chi connectivity index (χ3n) is 7.07. The van der Waals surface area contributed by atoms with E-state index in [1.807, 2.05) is 0 Å². The largest absolute Gasteiger partial charge is 0.494 e. The van der Waals surface area contributed by atoms with Gasteiger partial charge in [0.2, 0.25) is 0 Å². The third-order valence-corrected chi connectivity index (χ3v) is 7.07. The van der Waals surface area contributed by atoms with E-state index in [4.69, 9.17) is 23.7 Å². The van der Waals surface area contributed by atoms with Crippen LogP contribution in [0.5, 0.6) is 17.2 Å². The second-order valence-corrected chi connectivity index (χ2v) is 10.9. The van der Waals surface area contributed by atoms with E-state index in [1.54, 1.807) is 24.3 Å². The predicted molar refractivity (Wildman–Crippen MR) is 173 cm³/mol. The Kier molecular flexibility index (Phi) is 15.3. The maximum atomic E-state index is 12.6. The molecule has 9 heteroatoms. The number of carbonyl (C=O) groups excluding carboxylic acids is 4. The second-order valence-electron chi connectivity index (χ2n) is 10.9. The smallest absolute Gasteiger partial charge is 0.347 e. The van der Waals surface area contributed by atoms with E-state index >= 15 is 0 Å². The summed E-state index contributed by atoms with van der Waals surface area (Å²) in [6.07, 6.45) is 8.63. The van der Waals surface area contributed by atoms with Gasteiger partial charge in [-0.15, -0.1) is 0 Å². The van der Waals surface area contributed by atoms with Crippen LogP contribution >= 0.6 is 0 Å². The normalized spacial score (nSPS) is 11.3. The molecule has 0 heterocycles. The molecule has 0 amide bonds. The maximum absolute atomic E-state index is 12.6. The van der Waals surface area contributed by atoms with E-state index in [0.717, 1.165) is 38.5 Å². The van der Waals surface area contributed by atoms with Crippen molar-refractivity contribution in [1.82, 2.24) is 0 Å². The number of ether oxygens (including phenoxy) is 5. The van der Waals surface area contributed by atoms with Crippen LogP contribution in [-0.2, 0) is 14.3 Å². The zero-order chi connectivity index (χ0) is 33.1. The van der Waals surface area contributed by atoms with E-state index in [0.29, 0.717) is 24.5 Å². The lowest BCUT2D eigenvalue weighted by Gasteiger charge is -2.13. The Labute approximate surface area is 271 Å². The van der Waals surface area contributed by atoms with Gasteiger partial charge in [-0.25, -0.2) is 19.2 Å². The Hall–Kier alpha value is -4.66. The highest BCUT2D eigenvalue weighted by Gasteiger charge is 2.20. The molecule has 246 valence electrons. The van der Waals surface area contributed by atoms with Gasteiger partial charge in [-0.05, 0) is 92.6 Å². The first kappa shape index (κ1) is 35.8. The molecule has 9 nitrogen and oxygen atoms in total. The Morgan fingerprint density at radius 2 is 0.935 bits per heavy atom.